The van der Waals surface area contributed by atoms with E-state index in [-0.39, 0.29) is 0 Å². The SMILES string of the molecule is COC(c1ccccc1)(c1ccccc1)[C@H](C)OC(=O)[C@H](C)NC(=O)OC(C)(C)C. The summed E-state index contributed by atoms with van der Waals surface area (Å²) in [6, 6.07) is 18.3. The zero-order chi connectivity index (χ0) is 22.4. The van der Waals surface area contributed by atoms with E-state index in [1.54, 1.807) is 41.7 Å². The van der Waals surface area contributed by atoms with Gasteiger partial charge in [0.25, 0.3) is 0 Å². The van der Waals surface area contributed by atoms with E-state index in [0.29, 0.717) is 0 Å². The van der Waals surface area contributed by atoms with E-state index in [1.165, 1.54) is 0 Å². The normalized spacial score (nSPS) is 13.8. The molecule has 0 aliphatic heterocycles. The zero-order valence-electron chi connectivity index (χ0n) is 18.5. The average Bonchev–Trinajstić information content (AvgIpc) is 2.69. The predicted molar refractivity (Wildman–Crippen MR) is 115 cm³/mol. The number of esters is 1. The molecular formula is C24H31NO5. The molecule has 2 rings (SSSR count). The first-order valence-electron chi connectivity index (χ1n) is 9.96. The summed E-state index contributed by atoms with van der Waals surface area (Å²) in [5.41, 5.74) is 0.0370. The number of ether oxygens (including phenoxy) is 3. The van der Waals surface area contributed by atoms with Crippen LogP contribution in [0.15, 0.2) is 60.7 Å². The second-order valence-electron chi connectivity index (χ2n) is 8.12. The standard InChI is InChI=1S/C24H31NO5/c1-17(25-22(27)30-23(3,4)5)21(26)29-18(2)24(28-6,19-13-9-7-10-14-19)20-15-11-8-12-16-20/h7-18H,1-6H3,(H,25,27)/t17-,18-/m0/s1. The molecule has 6 heteroatoms. The Hall–Kier alpha value is -2.86. The van der Waals surface area contributed by atoms with Crippen molar-refractivity contribution >= 4 is 12.1 Å². The first-order chi connectivity index (χ1) is 14.1. The van der Waals surface area contributed by atoms with Crippen LogP contribution in [0.2, 0.25) is 0 Å². The van der Waals surface area contributed by atoms with Crippen LogP contribution in [0.3, 0.4) is 0 Å². The summed E-state index contributed by atoms with van der Waals surface area (Å²) in [7, 11) is 1.59. The minimum absolute atomic E-state index is 0.582. The Bertz CT molecular complexity index is 790. The second-order valence-corrected chi connectivity index (χ2v) is 8.12. The quantitative estimate of drug-likeness (QED) is 0.680. The third-order valence-corrected chi connectivity index (χ3v) is 4.68. The minimum atomic E-state index is -1.01. The lowest BCUT2D eigenvalue weighted by Crippen LogP contribution is -2.48. The lowest BCUT2D eigenvalue weighted by Gasteiger charge is -2.38. The third kappa shape index (κ3) is 5.60. The lowest BCUT2D eigenvalue weighted by molar-refractivity contribution is -0.165. The van der Waals surface area contributed by atoms with Crippen molar-refractivity contribution in [1.29, 1.82) is 0 Å². The Morgan fingerprint density at radius 3 is 1.73 bits per heavy atom. The summed E-state index contributed by atoms with van der Waals surface area (Å²) < 4.78 is 17.0. The molecule has 30 heavy (non-hydrogen) atoms. The smallest absolute Gasteiger partial charge is 0.408 e. The molecule has 0 spiro atoms. The van der Waals surface area contributed by atoms with Crippen molar-refractivity contribution in [3.8, 4) is 0 Å². The van der Waals surface area contributed by atoms with Gasteiger partial charge >= 0.3 is 12.1 Å². The molecule has 6 nitrogen and oxygen atoms in total. The Balaban J connectivity index is 2.26. The van der Waals surface area contributed by atoms with E-state index < -0.39 is 35.4 Å². The van der Waals surface area contributed by atoms with Gasteiger partial charge in [-0.25, -0.2) is 9.59 Å². The van der Waals surface area contributed by atoms with Crippen LogP contribution in [0.25, 0.3) is 0 Å². The molecular weight excluding hydrogens is 382 g/mol. The highest BCUT2D eigenvalue weighted by Crippen LogP contribution is 2.38. The van der Waals surface area contributed by atoms with Crippen molar-refractivity contribution in [2.75, 3.05) is 7.11 Å². The first-order valence-corrected chi connectivity index (χ1v) is 9.96. The molecule has 0 fully saturated rings. The minimum Gasteiger partial charge on any atom is -0.457 e. The highest BCUT2D eigenvalue weighted by molar-refractivity contribution is 5.81. The van der Waals surface area contributed by atoms with Crippen molar-refractivity contribution in [2.45, 2.75) is 58.0 Å². The van der Waals surface area contributed by atoms with E-state index in [4.69, 9.17) is 14.2 Å². The maximum Gasteiger partial charge on any atom is 0.408 e. The van der Waals surface area contributed by atoms with Crippen LogP contribution in [0, 0.1) is 0 Å². The van der Waals surface area contributed by atoms with Gasteiger partial charge < -0.3 is 19.5 Å². The van der Waals surface area contributed by atoms with Crippen LogP contribution in [-0.4, -0.2) is 36.9 Å². The van der Waals surface area contributed by atoms with E-state index in [0.717, 1.165) is 11.1 Å². The van der Waals surface area contributed by atoms with Crippen LogP contribution in [0.4, 0.5) is 4.79 Å². The van der Waals surface area contributed by atoms with Gasteiger partial charge in [0.15, 0.2) is 5.60 Å². The van der Waals surface area contributed by atoms with Gasteiger partial charge in [-0.15, -0.1) is 0 Å². The first kappa shape index (κ1) is 23.4. The van der Waals surface area contributed by atoms with Gasteiger partial charge in [-0.3, -0.25) is 0 Å². The van der Waals surface area contributed by atoms with E-state index in [2.05, 4.69) is 5.32 Å². The number of methoxy groups -OCH3 is 1. The lowest BCUT2D eigenvalue weighted by atomic mass is 9.82. The summed E-state index contributed by atoms with van der Waals surface area (Å²) in [6.07, 6.45) is -1.36. The Morgan fingerprint density at radius 1 is 0.867 bits per heavy atom. The molecule has 1 N–H and O–H groups in total. The number of carbonyl (C=O) groups excluding carboxylic acids is 2. The van der Waals surface area contributed by atoms with Gasteiger partial charge in [0.2, 0.25) is 0 Å². The molecule has 2 atom stereocenters. The van der Waals surface area contributed by atoms with Crippen molar-refractivity contribution in [2.24, 2.45) is 0 Å². The molecule has 0 heterocycles. The second kappa shape index (κ2) is 9.76. The predicted octanol–water partition coefficient (Wildman–Crippen LogP) is 4.42. The number of nitrogens with one attached hydrogen (secondary N) is 1. The van der Waals surface area contributed by atoms with Gasteiger partial charge in [-0.05, 0) is 45.7 Å². The van der Waals surface area contributed by atoms with E-state index >= 15 is 0 Å². The van der Waals surface area contributed by atoms with Crippen molar-refractivity contribution < 1.29 is 23.8 Å². The molecule has 162 valence electrons. The van der Waals surface area contributed by atoms with Crippen LogP contribution in [0.5, 0.6) is 0 Å². The largest absolute Gasteiger partial charge is 0.457 e. The molecule has 0 radical (unpaired) electrons. The maximum absolute atomic E-state index is 12.7. The molecule has 1 amide bonds. The molecule has 0 aliphatic carbocycles. The number of hydrogen-bond donors (Lipinski definition) is 1. The van der Waals surface area contributed by atoms with Crippen molar-refractivity contribution in [3.05, 3.63) is 71.8 Å². The van der Waals surface area contributed by atoms with Crippen LogP contribution >= 0.6 is 0 Å². The molecule has 2 aromatic rings. The summed E-state index contributed by atoms with van der Waals surface area (Å²) >= 11 is 0. The fourth-order valence-corrected chi connectivity index (χ4v) is 3.31. The van der Waals surface area contributed by atoms with E-state index in [9.17, 15) is 9.59 Å². The fourth-order valence-electron chi connectivity index (χ4n) is 3.31. The van der Waals surface area contributed by atoms with Crippen molar-refractivity contribution in [3.63, 3.8) is 0 Å². The van der Waals surface area contributed by atoms with Gasteiger partial charge in [-0.2, -0.15) is 0 Å². The zero-order valence-corrected chi connectivity index (χ0v) is 18.5. The Kier molecular flexibility index (Phi) is 7.62. The molecule has 0 bridgehead atoms. The summed E-state index contributed by atoms with van der Waals surface area (Å²) in [4.78, 5) is 24.7. The van der Waals surface area contributed by atoms with Crippen LogP contribution in [0.1, 0.15) is 45.7 Å². The third-order valence-electron chi connectivity index (χ3n) is 4.68. The summed E-state index contributed by atoms with van der Waals surface area (Å²) in [5, 5.41) is 2.51. The summed E-state index contributed by atoms with van der Waals surface area (Å²) in [6.45, 7) is 8.60. The number of benzene rings is 2. The average molecular weight is 414 g/mol. The number of carbonyl (C=O) groups is 2. The van der Waals surface area contributed by atoms with Gasteiger partial charge in [0.1, 0.15) is 17.7 Å². The number of rotatable bonds is 7. The maximum atomic E-state index is 12.7. The Labute approximate surface area is 178 Å². The number of alkyl carbamates (subject to hydrolysis) is 1. The molecule has 0 saturated heterocycles. The van der Waals surface area contributed by atoms with E-state index in [1.807, 2.05) is 60.7 Å². The van der Waals surface area contributed by atoms with Gasteiger partial charge in [0.05, 0.1) is 0 Å². The Morgan fingerprint density at radius 2 is 1.33 bits per heavy atom. The molecule has 0 aromatic heterocycles. The highest BCUT2D eigenvalue weighted by atomic mass is 16.6. The van der Waals surface area contributed by atoms with Gasteiger partial charge in [-0.1, -0.05) is 60.7 Å². The number of amides is 1. The van der Waals surface area contributed by atoms with Crippen molar-refractivity contribution in [1.82, 2.24) is 5.32 Å². The monoisotopic (exact) mass is 413 g/mol. The summed E-state index contributed by atoms with van der Waals surface area (Å²) in [5.74, 6) is -0.582. The fraction of sp³-hybridized carbons (Fsp3) is 0.417. The van der Waals surface area contributed by atoms with Crippen LogP contribution in [-0.2, 0) is 24.6 Å². The molecule has 0 saturated carbocycles. The van der Waals surface area contributed by atoms with Crippen LogP contribution < -0.4 is 5.32 Å². The molecule has 0 unspecified atom stereocenters. The molecule has 2 aromatic carbocycles. The highest BCUT2D eigenvalue weighted by Gasteiger charge is 2.43. The topological polar surface area (TPSA) is 73.9 Å². The van der Waals surface area contributed by atoms with Gasteiger partial charge in [0, 0.05) is 7.11 Å². The molecule has 0 aliphatic rings. The number of hydrogen-bond acceptors (Lipinski definition) is 5.